The average molecular weight is 683 g/mol. The van der Waals surface area contributed by atoms with Crippen molar-refractivity contribution in [3.8, 4) is 0 Å². The SMILES string of the molecule is CC[C@H](C)[C@@H](C(=O)NC)N(C)C(=O)[C@@H](NC(=O)[C@H](C(C)C)N(C)C(=O)[C@H]([C@@H](C)CC)N(C)C(=O)[C@H](C)N(C)C(=O)/C=C/SC)C(C)C. The van der Waals surface area contributed by atoms with Crippen LogP contribution in [0.25, 0.3) is 0 Å². The highest BCUT2D eigenvalue weighted by Crippen LogP contribution is 2.22. The molecule has 6 amide bonds. The topological polar surface area (TPSA) is 139 Å². The van der Waals surface area contributed by atoms with Crippen molar-refractivity contribution in [1.29, 1.82) is 0 Å². The van der Waals surface area contributed by atoms with Crippen molar-refractivity contribution in [3.05, 3.63) is 11.5 Å². The standard InChI is InChI=1S/C34H62N6O6S/c1-16-22(7)28(30(42)35-10)39(13)33(45)26(20(3)4)36-31(43)27(21(5)6)38(12)34(46)29(23(8)17-2)40(14)32(44)24(9)37(11)25(41)18-19-47-15/h18-24,26-29H,16-17H2,1-15H3,(H,35,42)(H,36,43)/b19-18+/t22-,23-,24-,26-,27-,28-,29-/m0/s1. The highest BCUT2D eigenvalue weighted by Gasteiger charge is 2.42. The molecule has 0 spiro atoms. The quantitative estimate of drug-likeness (QED) is 0.212. The molecule has 12 nitrogen and oxygen atoms in total. The molecule has 0 aromatic rings. The molecule has 0 aliphatic rings. The first-order valence-electron chi connectivity index (χ1n) is 16.5. The fourth-order valence-corrected chi connectivity index (χ4v) is 5.87. The van der Waals surface area contributed by atoms with E-state index in [0.717, 1.165) is 0 Å². The van der Waals surface area contributed by atoms with Gasteiger partial charge in [-0.05, 0) is 42.3 Å². The molecule has 0 aliphatic heterocycles. The van der Waals surface area contributed by atoms with E-state index in [4.69, 9.17) is 0 Å². The van der Waals surface area contributed by atoms with Gasteiger partial charge < -0.3 is 30.2 Å². The van der Waals surface area contributed by atoms with Gasteiger partial charge in [0.15, 0.2) is 0 Å². The molecule has 0 aliphatic carbocycles. The van der Waals surface area contributed by atoms with Crippen LogP contribution < -0.4 is 10.6 Å². The Morgan fingerprint density at radius 3 is 1.53 bits per heavy atom. The molecule has 0 aromatic carbocycles. The molecule has 0 unspecified atom stereocenters. The Labute approximate surface area is 287 Å². The molecular formula is C34H62N6O6S. The summed E-state index contributed by atoms with van der Waals surface area (Å²) in [6, 6.07) is -4.37. The van der Waals surface area contributed by atoms with Crippen molar-refractivity contribution in [2.24, 2.45) is 23.7 Å². The summed E-state index contributed by atoms with van der Waals surface area (Å²) in [6.07, 6.45) is 4.47. The van der Waals surface area contributed by atoms with Crippen molar-refractivity contribution in [2.45, 2.75) is 105 Å². The van der Waals surface area contributed by atoms with Gasteiger partial charge in [-0.3, -0.25) is 28.8 Å². The summed E-state index contributed by atoms with van der Waals surface area (Å²) in [5.74, 6) is -3.39. The van der Waals surface area contributed by atoms with Crippen molar-refractivity contribution >= 4 is 47.2 Å². The summed E-state index contributed by atoms with van der Waals surface area (Å²) in [5.41, 5.74) is 0. The molecule has 7 atom stereocenters. The van der Waals surface area contributed by atoms with Crippen LogP contribution in [0.3, 0.4) is 0 Å². The van der Waals surface area contributed by atoms with E-state index in [9.17, 15) is 28.8 Å². The van der Waals surface area contributed by atoms with Gasteiger partial charge in [0.25, 0.3) is 0 Å². The van der Waals surface area contributed by atoms with Crippen molar-refractivity contribution < 1.29 is 28.8 Å². The molecule has 13 heteroatoms. The summed E-state index contributed by atoms with van der Waals surface area (Å²) >= 11 is 1.37. The Kier molecular flexibility index (Phi) is 19.0. The molecule has 0 bridgehead atoms. The van der Waals surface area contributed by atoms with Crippen molar-refractivity contribution in [3.63, 3.8) is 0 Å². The van der Waals surface area contributed by atoms with E-state index in [1.54, 1.807) is 33.5 Å². The monoisotopic (exact) mass is 682 g/mol. The zero-order valence-electron chi connectivity index (χ0n) is 31.4. The van der Waals surface area contributed by atoms with E-state index < -0.39 is 53.8 Å². The number of amides is 6. The minimum Gasteiger partial charge on any atom is -0.357 e. The molecular weight excluding hydrogens is 620 g/mol. The van der Waals surface area contributed by atoms with Crippen LogP contribution in [0.2, 0.25) is 0 Å². The Bertz CT molecular complexity index is 1110. The first-order chi connectivity index (χ1) is 21.8. The second kappa shape index (κ2) is 20.3. The van der Waals surface area contributed by atoms with Gasteiger partial charge in [-0.1, -0.05) is 68.2 Å². The molecule has 0 saturated carbocycles. The van der Waals surface area contributed by atoms with Crippen LogP contribution in [-0.2, 0) is 28.8 Å². The molecule has 0 saturated heterocycles. The zero-order chi connectivity index (χ0) is 36.9. The van der Waals surface area contributed by atoms with Gasteiger partial charge in [0, 0.05) is 41.3 Å². The predicted octanol–water partition coefficient (Wildman–Crippen LogP) is 2.83. The van der Waals surface area contributed by atoms with Gasteiger partial charge in [-0.2, -0.15) is 0 Å². The van der Waals surface area contributed by atoms with Crippen LogP contribution in [0, 0.1) is 23.7 Å². The van der Waals surface area contributed by atoms with E-state index in [0.29, 0.717) is 12.8 Å². The second-order valence-electron chi connectivity index (χ2n) is 13.2. The number of nitrogens with zero attached hydrogens (tertiary/aromatic N) is 4. The maximum absolute atomic E-state index is 14.2. The second-order valence-corrected chi connectivity index (χ2v) is 13.9. The summed E-state index contributed by atoms with van der Waals surface area (Å²) < 4.78 is 0. The van der Waals surface area contributed by atoms with Gasteiger partial charge >= 0.3 is 0 Å². The van der Waals surface area contributed by atoms with Gasteiger partial charge in [-0.25, -0.2) is 0 Å². The maximum atomic E-state index is 14.2. The van der Waals surface area contributed by atoms with Crippen LogP contribution in [0.4, 0.5) is 0 Å². The minimum absolute atomic E-state index is 0.121. The van der Waals surface area contributed by atoms with Gasteiger partial charge in [-0.15, -0.1) is 11.8 Å². The summed E-state index contributed by atoms with van der Waals surface area (Å²) in [5, 5.41) is 7.17. The van der Waals surface area contributed by atoms with E-state index >= 15 is 0 Å². The van der Waals surface area contributed by atoms with Gasteiger partial charge in [0.1, 0.15) is 30.2 Å². The van der Waals surface area contributed by atoms with Crippen LogP contribution in [0.5, 0.6) is 0 Å². The zero-order valence-corrected chi connectivity index (χ0v) is 32.2. The Hall–Kier alpha value is -3.09. The van der Waals surface area contributed by atoms with E-state index in [-0.39, 0.29) is 35.5 Å². The van der Waals surface area contributed by atoms with Crippen LogP contribution in [-0.4, -0.2) is 127 Å². The Balaban J connectivity index is 6.40. The number of nitrogens with one attached hydrogen (secondary N) is 2. The van der Waals surface area contributed by atoms with Crippen LogP contribution >= 0.6 is 11.8 Å². The number of hydrogen-bond acceptors (Lipinski definition) is 7. The van der Waals surface area contributed by atoms with Gasteiger partial charge in [0.05, 0.1) is 0 Å². The molecule has 2 N–H and O–H groups in total. The largest absolute Gasteiger partial charge is 0.357 e. The molecule has 0 heterocycles. The van der Waals surface area contributed by atoms with E-state index in [1.165, 1.54) is 51.5 Å². The lowest BCUT2D eigenvalue weighted by Crippen LogP contribution is -2.62. The first kappa shape index (κ1) is 43.9. The Morgan fingerprint density at radius 2 is 1.11 bits per heavy atom. The maximum Gasteiger partial charge on any atom is 0.247 e. The number of hydrogen-bond donors (Lipinski definition) is 2. The first-order valence-corrected chi connectivity index (χ1v) is 17.8. The lowest BCUT2D eigenvalue weighted by atomic mass is 9.93. The van der Waals surface area contributed by atoms with Crippen molar-refractivity contribution in [1.82, 2.24) is 30.2 Å². The Morgan fingerprint density at radius 1 is 0.638 bits per heavy atom. The molecule has 0 radical (unpaired) electrons. The summed E-state index contributed by atoms with van der Waals surface area (Å²) in [4.78, 5) is 86.4. The normalized spacial score (nSPS) is 16.0. The molecule has 270 valence electrons. The van der Waals surface area contributed by atoms with E-state index in [1.807, 2.05) is 61.6 Å². The van der Waals surface area contributed by atoms with E-state index in [2.05, 4.69) is 10.6 Å². The van der Waals surface area contributed by atoms with Crippen LogP contribution in [0.1, 0.15) is 75.2 Å². The number of carbonyl (C=O) groups is 6. The highest BCUT2D eigenvalue weighted by molar-refractivity contribution is 8.01. The van der Waals surface area contributed by atoms with Gasteiger partial charge in [0.2, 0.25) is 35.4 Å². The third-order valence-electron chi connectivity index (χ3n) is 9.19. The number of carbonyl (C=O) groups excluding carboxylic acids is 6. The lowest BCUT2D eigenvalue weighted by molar-refractivity contribution is -0.153. The predicted molar refractivity (Wildman–Crippen MR) is 189 cm³/mol. The summed E-state index contributed by atoms with van der Waals surface area (Å²) in [7, 11) is 7.72. The minimum atomic E-state index is -0.959. The van der Waals surface area contributed by atoms with Crippen LogP contribution in [0.15, 0.2) is 11.5 Å². The highest BCUT2D eigenvalue weighted by atomic mass is 32.2. The lowest BCUT2D eigenvalue weighted by Gasteiger charge is -2.40. The average Bonchev–Trinajstić information content (AvgIpc) is 3.03. The fraction of sp³-hybridized carbons (Fsp3) is 0.765. The molecule has 0 rings (SSSR count). The third kappa shape index (κ3) is 11.5. The third-order valence-corrected chi connectivity index (χ3v) is 9.60. The number of likely N-dealkylation sites (N-methyl/N-ethyl adjacent to an activating group) is 5. The number of thioether (sulfide) groups is 1. The number of rotatable bonds is 18. The molecule has 47 heavy (non-hydrogen) atoms. The van der Waals surface area contributed by atoms with Crippen molar-refractivity contribution in [2.75, 3.05) is 41.5 Å². The summed E-state index contributed by atoms with van der Waals surface area (Å²) in [6.45, 7) is 16.5. The fourth-order valence-electron chi connectivity index (χ4n) is 5.61. The molecule has 0 fully saturated rings. The smallest absolute Gasteiger partial charge is 0.247 e. The molecule has 0 aromatic heterocycles.